The summed E-state index contributed by atoms with van der Waals surface area (Å²) in [7, 11) is 0. The Bertz CT molecular complexity index is 1010. The van der Waals surface area contributed by atoms with Crippen LogP contribution in [0.25, 0.3) is 11.0 Å². The van der Waals surface area contributed by atoms with Crippen LogP contribution in [0.1, 0.15) is 16.8 Å². The Morgan fingerprint density at radius 3 is 3.12 bits per heavy atom. The molecule has 0 saturated heterocycles. The van der Waals surface area contributed by atoms with Gasteiger partial charge in [-0.1, -0.05) is 23.4 Å². The highest BCUT2D eigenvalue weighted by Crippen LogP contribution is 2.21. The molecule has 0 amide bonds. The van der Waals surface area contributed by atoms with E-state index >= 15 is 0 Å². The van der Waals surface area contributed by atoms with E-state index in [0.717, 1.165) is 35.9 Å². The van der Waals surface area contributed by atoms with Gasteiger partial charge in [-0.15, -0.1) is 0 Å². The fraction of sp³-hybridized carbons (Fsp3) is 0.278. The fourth-order valence-corrected chi connectivity index (χ4v) is 3.61. The van der Waals surface area contributed by atoms with E-state index in [1.165, 1.54) is 0 Å². The van der Waals surface area contributed by atoms with Gasteiger partial charge in [0, 0.05) is 48.4 Å². The first-order valence-electron chi connectivity index (χ1n) is 7.95. The van der Waals surface area contributed by atoms with Gasteiger partial charge < -0.3 is 4.42 Å². The summed E-state index contributed by atoms with van der Waals surface area (Å²) < 4.78 is 5.61. The maximum atomic E-state index is 12.7. The minimum absolute atomic E-state index is 0.0245. The van der Waals surface area contributed by atoms with Crippen molar-refractivity contribution in [1.29, 1.82) is 0 Å². The van der Waals surface area contributed by atoms with Crippen LogP contribution in [0.15, 0.2) is 45.0 Å². The molecule has 0 N–H and O–H groups in total. The molecule has 0 radical (unpaired) electrons. The van der Waals surface area contributed by atoms with Crippen LogP contribution in [0.3, 0.4) is 0 Å². The van der Waals surface area contributed by atoms with Crippen LogP contribution in [0.4, 0.5) is 0 Å². The Kier molecular flexibility index (Phi) is 4.50. The normalized spacial score (nSPS) is 14.6. The number of rotatable bonds is 3. The van der Waals surface area contributed by atoms with E-state index in [0.29, 0.717) is 28.1 Å². The van der Waals surface area contributed by atoms with E-state index < -0.39 is 0 Å². The van der Waals surface area contributed by atoms with Gasteiger partial charge in [0.15, 0.2) is 10.6 Å². The summed E-state index contributed by atoms with van der Waals surface area (Å²) >= 11 is 7.56. The molecule has 1 aromatic carbocycles. The first-order valence-corrected chi connectivity index (χ1v) is 9.55. The van der Waals surface area contributed by atoms with Crippen molar-refractivity contribution in [2.45, 2.75) is 24.7 Å². The van der Waals surface area contributed by atoms with E-state index in [1.807, 2.05) is 12.5 Å². The van der Waals surface area contributed by atoms with Crippen molar-refractivity contribution in [1.82, 2.24) is 14.9 Å². The lowest BCUT2D eigenvalue weighted by molar-refractivity contribution is 0.240. The first-order chi connectivity index (χ1) is 12.1. The average Bonchev–Trinajstić information content (AvgIpc) is 2.64. The Balaban J connectivity index is 1.59. The van der Waals surface area contributed by atoms with E-state index in [-0.39, 0.29) is 5.43 Å². The predicted octanol–water partition coefficient (Wildman–Crippen LogP) is 3.52. The Morgan fingerprint density at radius 1 is 1.40 bits per heavy atom. The van der Waals surface area contributed by atoms with Crippen LogP contribution in [-0.2, 0) is 19.5 Å². The summed E-state index contributed by atoms with van der Waals surface area (Å²) in [5.41, 5.74) is 3.40. The van der Waals surface area contributed by atoms with Crippen molar-refractivity contribution in [2.24, 2.45) is 0 Å². The molecule has 4 rings (SSSR count). The number of aromatic nitrogens is 2. The molecule has 1 aliphatic heterocycles. The van der Waals surface area contributed by atoms with Gasteiger partial charge in [0.05, 0.1) is 17.3 Å². The van der Waals surface area contributed by atoms with Gasteiger partial charge in [-0.05, 0) is 24.5 Å². The van der Waals surface area contributed by atoms with Crippen LogP contribution >= 0.6 is 23.4 Å². The highest BCUT2D eigenvalue weighted by atomic mass is 35.5. The van der Waals surface area contributed by atoms with Crippen LogP contribution in [0.2, 0.25) is 5.02 Å². The molecule has 3 aromatic rings. The molecule has 5 nitrogen and oxygen atoms in total. The van der Waals surface area contributed by atoms with E-state index in [1.54, 1.807) is 36.2 Å². The van der Waals surface area contributed by atoms with Crippen LogP contribution in [0.5, 0.6) is 0 Å². The Morgan fingerprint density at radius 2 is 2.28 bits per heavy atom. The highest BCUT2D eigenvalue weighted by Gasteiger charge is 2.20. The van der Waals surface area contributed by atoms with Crippen LogP contribution < -0.4 is 5.43 Å². The molecular weight excluding hydrogens is 358 g/mol. The second-order valence-corrected chi connectivity index (χ2v) is 7.23. The zero-order valence-corrected chi connectivity index (χ0v) is 15.2. The van der Waals surface area contributed by atoms with Crippen molar-refractivity contribution in [2.75, 3.05) is 12.8 Å². The van der Waals surface area contributed by atoms with Gasteiger partial charge in [-0.25, -0.2) is 9.97 Å². The second-order valence-electron chi connectivity index (χ2n) is 6.02. The molecule has 2 aromatic heterocycles. The number of hydrogen-bond donors (Lipinski definition) is 0. The summed E-state index contributed by atoms with van der Waals surface area (Å²) in [5.74, 6) is 0. The lowest BCUT2D eigenvalue weighted by Gasteiger charge is -2.27. The van der Waals surface area contributed by atoms with Crippen molar-refractivity contribution < 1.29 is 4.42 Å². The summed E-state index contributed by atoms with van der Waals surface area (Å²) in [6, 6.07) is 5.10. The fourth-order valence-electron chi connectivity index (χ4n) is 3.08. The Hall–Kier alpha value is -1.89. The molecule has 25 heavy (non-hydrogen) atoms. The molecule has 0 aliphatic carbocycles. The van der Waals surface area contributed by atoms with E-state index in [2.05, 4.69) is 14.9 Å². The minimum Gasteiger partial charge on any atom is -0.464 e. The first kappa shape index (κ1) is 16.6. The summed E-state index contributed by atoms with van der Waals surface area (Å²) in [6.45, 7) is 2.12. The third-order valence-corrected chi connectivity index (χ3v) is 5.17. The molecule has 0 fully saturated rings. The number of fused-ring (bicyclic) bond motifs is 2. The molecule has 0 spiro atoms. The van der Waals surface area contributed by atoms with Gasteiger partial charge in [-0.2, -0.15) is 0 Å². The highest BCUT2D eigenvalue weighted by molar-refractivity contribution is 7.98. The number of hydrogen-bond acceptors (Lipinski definition) is 6. The maximum Gasteiger partial charge on any atom is 0.197 e. The Labute approximate surface area is 154 Å². The van der Waals surface area contributed by atoms with E-state index in [9.17, 15) is 4.79 Å². The van der Waals surface area contributed by atoms with Crippen molar-refractivity contribution in [3.05, 3.63) is 62.7 Å². The topological polar surface area (TPSA) is 59.2 Å². The van der Waals surface area contributed by atoms with E-state index in [4.69, 9.17) is 16.0 Å². The van der Waals surface area contributed by atoms with Gasteiger partial charge in [0.1, 0.15) is 5.58 Å². The number of thioether (sulfide) groups is 1. The number of nitrogens with zero attached hydrogens (tertiary/aromatic N) is 3. The lowest BCUT2D eigenvalue weighted by atomic mass is 10.1. The zero-order valence-electron chi connectivity index (χ0n) is 13.7. The van der Waals surface area contributed by atoms with Crippen molar-refractivity contribution >= 4 is 34.3 Å². The monoisotopic (exact) mass is 373 g/mol. The molecular formula is C18H16ClN3O2S. The smallest absolute Gasteiger partial charge is 0.197 e. The average molecular weight is 374 g/mol. The standard InChI is InChI=1S/C18H16ClN3O2S/c1-25-18-20-7-11-8-22(5-4-15(11)21-18)9-12-10-24-16-3-2-13(19)6-14(16)17(12)23/h2-3,6-7,10H,4-5,8-9H2,1H3. The summed E-state index contributed by atoms with van der Waals surface area (Å²) in [6.07, 6.45) is 6.28. The van der Waals surface area contributed by atoms with Gasteiger partial charge >= 0.3 is 0 Å². The molecule has 0 saturated carbocycles. The quantitative estimate of drug-likeness (QED) is 0.517. The molecule has 7 heteroatoms. The second kappa shape index (κ2) is 6.78. The summed E-state index contributed by atoms with van der Waals surface area (Å²) in [4.78, 5) is 23.8. The summed E-state index contributed by atoms with van der Waals surface area (Å²) in [5, 5.41) is 1.86. The number of halogens is 1. The van der Waals surface area contributed by atoms with Crippen molar-refractivity contribution in [3.63, 3.8) is 0 Å². The molecule has 128 valence electrons. The largest absolute Gasteiger partial charge is 0.464 e. The van der Waals surface area contributed by atoms with Gasteiger partial charge in [0.2, 0.25) is 0 Å². The third-order valence-electron chi connectivity index (χ3n) is 4.37. The third kappa shape index (κ3) is 3.29. The molecule has 1 aliphatic rings. The number of benzene rings is 1. The zero-order chi connectivity index (χ0) is 17.4. The SMILES string of the molecule is CSc1ncc2c(n1)CCN(Cc1coc3ccc(Cl)cc3c1=O)C2. The van der Waals surface area contributed by atoms with Gasteiger partial charge in [-0.3, -0.25) is 9.69 Å². The molecule has 0 atom stereocenters. The van der Waals surface area contributed by atoms with Crippen LogP contribution in [-0.4, -0.2) is 27.7 Å². The molecule has 0 bridgehead atoms. The molecule has 3 heterocycles. The minimum atomic E-state index is -0.0245. The van der Waals surface area contributed by atoms with Gasteiger partial charge in [0.25, 0.3) is 0 Å². The molecule has 0 unspecified atom stereocenters. The maximum absolute atomic E-state index is 12.7. The lowest BCUT2D eigenvalue weighted by Crippen LogP contribution is -2.32. The van der Waals surface area contributed by atoms with Crippen LogP contribution in [0, 0.1) is 0 Å². The van der Waals surface area contributed by atoms with Crippen molar-refractivity contribution in [3.8, 4) is 0 Å². The predicted molar refractivity (Wildman–Crippen MR) is 99.1 cm³/mol.